The van der Waals surface area contributed by atoms with Gasteiger partial charge in [-0.25, -0.2) is 0 Å². The number of phenolic OH excluding ortho intramolecular Hbond substituents is 1. The van der Waals surface area contributed by atoms with Crippen molar-refractivity contribution >= 4 is 17.3 Å². The predicted octanol–water partition coefficient (Wildman–Crippen LogP) is 1.55. The number of hydrogen-bond acceptors (Lipinski definition) is 7. The largest absolute Gasteiger partial charge is 0.507 e. The van der Waals surface area contributed by atoms with E-state index in [0.717, 1.165) is 6.07 Å². The van der Waals surface area contributed by atoms with E-state index in [1.54, 1.807) is 6.07 Å². The molecule has 0 fully saturated rings. The van der Waals surface area contributed by atoms with Gasteiger partial charge in [-0.3, -0.25) is 14.4 Å². The molecule has 3 N–H and O–H groups in total. The number of Topliss-reactive ketones (excluding diaryl/α,β-unsaturated/α-hetero) is 1. The van der Waals surface area contributed by atoms with Crippen molar-refractivity contribution in [3.8, 4) is 11.5 Å². The zero-order chi connectivity index (χ0) is 19.7. The average molecular weight is 368 g/mol. The molecule has 2 aliphatic rings. The molecular weight excluding hydrogens is 352 g/mol. The van der Waals surface area contributed by atoms with Gasteiger partial charge in [0.2, 0.25) is 5.78 Å². The van der Waals surface area contributed by atoms with Crippen molar-refractivity contribution in [2.24, 2.45) is 0 Å². The fourth-order valence-electron chi connectivity index (χ4n) is 3.89. The molecule has 0 spiro atoms. The van der Waals surface area contributed by atoms with Crippen LogP contribution in [0.5, 0.6) is 11.5 Å². The minimum absolute atomic E-state index is 0.0172. The molecule has 4 rings (SSSR count). The van der Waals surface area contributed by atoms with Gasteiger partial charge in [-0.1, -0.05) is 12.1 Å². The number of rotatable bonds is 1. The second kappa shape index (κ2) is 5.48. The SMILES string of the molecule is COc1cccc2c1C(=O)c1c(O)cc3c(c1C2=O)C(=O)C[C@](C)(O)C3O. The molecule has 0 saturated heterocycles. The Labute approximate surface area is 153 Å². The van der Waals surface area contributed by atoms with Crippen molar-refractivity contribution in [2.45, 2.75) is 25.0 Å². The first kappa shape index (κ1) is 17.4. The number of carbonyl (C=O) groups is 3. The summed E-state index contributed by atoms with van der Waals surface area (Å²) >= 11 is 0. The van der Waals surface area contributed by atoms with E-state index in [-0.39, 0.29) is 39.1 Å². The molecule has 27 heavy (non-hydrogen) atoms. The first-order chi connectivity index (χ1) is 12.7. The highest BCUT2D eigenvalue weighted by molar-refractivity contribution is 6.33. The number of carbonyl (C=O) groups excluding carboxylic acids is 3. The Hall–Kier alpha value is -3.03. The molecule has 2 aromatic carbocycles. The Morgan fingerprint density at radius 3 is 2.44 bits per heavy atom. The lowest BCUT2D eigenvalue weighted by Crippen LogP contribution is -2.41. The van der Waals surface area contributed by atoms with Crippen molar-refractivity contribution in [1.29, 1.82) is 0 Å². The summed E-state index contributed by atoms with van der Waals surface area (Å²) in [4.78, 5) is 38.9. The van der Waals surface area contributed by atoms with Crippen LogP contribution >= 0.6 is 0 Å². The molecule has 138 valence electrons. The van der Waals surface area contributed by atoms with Crippen LogP contribution in [0.3, 0.4) is 0 Å². The van der Waals surface area contributed by atoms with Crippen LogP contribution in [0.4, 0.5) is 0 Å². The van der Waals surface area contributed by atoms with E-state index in [0.29, 0.717) is 0 Å². The van der Waals surface area contributed by atoms with Crippen LogP contribution in [0.2, 0.25) is 0 Å². The summed E-state index contributed by atoms with van der Waals surface area (Å²) in [7, 11) is 1.36. The van der Waals surface area contributed by atoms with Gasteiger partial charge >= 0.3 is 0 Å². The quantitative estimate of drug-likeness (QED) is 0.596. The molecule has 2 aliphatic carbocycles. The second-order valence-corrected chi connectivity index (χ2v) is 7.01. The van der Waals surface area contributed by atoms with Gasteiger partial charge in [0.15, 0.2) is 11.6 Å². The van der Waals surface area contributed by atoms with Gasteiger partial charge in [-0.05, 0) is 24.6 Å². The third-order valence-electron chi connectivity index (χ3n) is 5.19. The summed E-state index contributed by atoms with van der Waals surface area (Å²) in [6, 6.07) is 5.58. The molecule has 0 heterocycles. The predicted molar refractivity (Wildman–Crippen MR) is 92.5 cm³/mol. The van der Waals surface area contributed by atoms with Gasteiger partial charge in [0, 0.05) is 23.1 Å². The standard InChI is InChI=1S/C20H16O7/c1-20(26)7-11(22)13-9(19(20)25)6-10(21)15-16(13)17(23)8-4-3-5-12(27-2)14(8)18(15)24/h3-6,19,21,25-26H,7H2,1-2H3/t19?,20-/m0/s1. The highest BCUT2D eigenvalue weighted by Crippen LogP contribution is 2.45. The van der Waals surface area contributed by atoms with Crippen LogP contribution in [-0.2, 0) is 0 Å². The Kier molecular flexibility index (Phi) is 3.53. The van der Waals surface area contributed by atoms with Crippen LogP contribution in [0.15, 0.2) is 24.3 Å². The summed E-state index contributed by atoms with van der Waals surface area (Å²) in [6.07, 6.45) is -1.90. The molecule has 0 bridgehead atoms. The number of aliphatic hydroxyl groups excluding tert-OH is 1. The van der Waals surface area contributed by atoms with Crippen molar-refractivity contribution < 1.29 is 34.4 Å². The number of ketones is 3. The number of aromatic hydroxyl groups is 1. The minimum atomic E-state index is -1.74. The van der Waals surface area contributed by atoms with E-state index in [4.69, 9.17) is 4.74 Å². The van der Waals surface area contributed by atoms with Gasteiger partial charge in [0.05, 0.1) is 23.8 Å². The van der Waals surface area contributed by atoms with E-state index in [1.165, 1.54) is 26.2 Å². The lowest BCUT2D eigenvalue weighted by atomic mass is 9.72. The van der Waals surface area contributed by atoms with E-state index in [9.17, 15) is 29.7 Å². The summed E-state index contributed by atoms with van der Waals surface area (Å²) in [6.45, 7) is 1.29. The molecule has 2 aromatic rings. The number of phenols is 1. The van der Waals surface area contributed by atoms with Gasteiger partial charge < -0.3 is 20.1 Å². The van der Waals surface area contributed by atoms with E-state index in [2.05, 4.69) is 0 Å². The topological polar surface area (TPSA) is 121 Å². The average Bonchev–Trinajstić information content (AvgIpc) is 2.62. The lowest BCUT2D eigenvalue weighted by molar-refractivity contribution is -0.0675. The van der Waals surface area contributed by atoms with Crippen molar-refractivity contribution in [3.63, 3.8) is 0 Å². The molecule has 2 atom stereocenters. The van der Waals surface area contributed by atoms with Gasteiger partial charge in [0.1, 0.15) is 17.6 Å². The van der Waals surface area contributed by atoms with Crippen LogP contribution < -0.4 is 4.74 Å². The summed E-state index contributed by atoms with van der Waals surface area (Å²) in [5.41, 5.74) is -2.40. The van der Waals surface area contributed by atoms with Crippen LogP contribution in [0.25, 0.3) is 0 Å². The molecule has 1 unspecified atom stereocenters. The van der Waals surface area contributed by atoms with Gasteiger partial charge in [-0.15, -0.1) is 0 Å². The smallest absolute Gasteiger partial charge is 0.202 e. The van der Waals surface area contributed by atoms with E-state index < -0.39 is 41.2 Å². The van der Waals surface area contributed by atoms with Crippen LogP contribution in [0, 0.1) is 0 Å². The third-order valence-corrected chi connectivity index (χ3v) is 5.19. The number of aliphatic hydroxyl groups is 2. The van der Waals surface area contributed by atoms with E-state index >= 15 is 0 Å². The normalized spacial score (nSPS) is 23.6. The molecule has 0 radical (unpaired) electrons. The first-order valence-electron chi connectivity index (χ1n) is 8.29. The zero-order valence-corrected chi connectivity index (χ0v) is 14.6. The van der Waals surface area contributed by atoms with Crippen molar-refractivity contribution in [1.82, 2.24) is 0 Å². The van der Waals surface area contributed by atoms with Crippen molar-refractivity contribution in [2.75, 3.05) is 7.11 Å². The Balaban J connectivity index is 2.08. The third kappa shape index (κ3) is 2.19. The highest BCUT2D eigenvalue weighted by atomic mass is 16.5. The maximum Gasteiger partial charge on any atom is 0.202 e. The number of ether oxygens (including phenoxy) is 1. The van der Waals surface area contributed by atoms with Gasteiger partial charge in [-0.2, -0.15) is 0 Å². The van der Waals surface area contributed by atoms with E-state index in [1.807, 2.05) is 0 Å². The molecule has 0 saturated carbocycles. The highest BCUT2D eigenvalue weighted by Gasteiger charge is 2.46. The fraction of sp³-hybridized carbons (Fsp3) is 0.250. The van der Waals surface area contributed by atoms with Crippen LogP contribution in [0.1, 0.15) is 67.2 Å². The number of hydrogen-bond donors (Lipinski definition) is 3. The molecule has 7 heteroatoms. The minimum Gasteiger partial charge on any atom is -0.507 e. The zero-order valence-electron chi connectivity index (χ0n) is 14.6. The van der Waals surface area contributed by atoms with Crippen molar-refractivity contribution in [3.05, 3.63) is 57.6 Å². The Morgan fingerprint density at radius 1 is 1.07 bits per heavy atom. The number of fused-ring (bicyclic) bond motifs is 4. The Morgan fingerprint density at radius 2 is 1.78 bits per heavy atom. The lowest BCUT2D eigenvalue weighted by Gasteiger charge is -2.36. The fourth-order valence-corrected chi connectivity index (χ4v) is 3.89. The molecule has 0 amide bonds. The molecule has 7 nitrogen and oxygen atoms in total. The number of methoxy groups -OCH3 is 1. The molecular formula is C20H16O7. The van der Waals surface area contributed by atoms with Gasteiger partial charge in [0.25, 0.3) is 0 Å². The molecule has 0 aliphatic heterocycles. The monoisotopic (exact) mass is 368 g/mol. The first-order valence-corrected chi connectivity index (χ1v) is 8.29. The maximum atomic E-state index is 13.1. The Bertz CT molecular complexity index is 1050. The van der Waals surface area contributed by atoms with Crippen LogP contribution in [-0.4, -0.2) is 45.4 Å². The summed E-state index contributed by atoms with van der Waals surface area (Å²) in [5.74, 6) is -2.19. The second-order valence-electron chi connectivity index (χ2n) is 7.01. The maximum absolute atomic E-state index is 13.1. The number of benzene rings is 2. The summed E-state index contributed by atoms with van der Waals surface area (Å²) in [5, 5.41) is 31.2. The summed E-state index contributed by atoms with van der Waals surface area (Å²) < 4.78 is 5.17. The molecule has 0 aromatic heterocycles.